The van der Waals surface area contributed by atoms with E-state index in [1.165, 1.54) is 186 Å². The highest BCUT2D eigenvalue weighted by Gasteiger charge is 2.30. The third-order valence-corrected chi connectivity index (χ3v) is 19.3. The molecular formula is C75H146O17P2. The molecule has 0 aliphatic carbocycles. The molecule has 0 aliphatic heterocycles. The SMILES string of the molecule is CCCCCCCCCCCCCCCCCCC(=O)O[C@H](COC(=O)CCCCCCCCCCCCCC(C)C)COP(=O)(O)OC[C@@H](O)COP(=O)(O)OC[C@@H](COC(=O)CCCCCCCCCC(C)C)OC(=O)CCCCCCCCCCCCCC(C)C. The van der Waals surface area contributed by atoms with Gasteiger partial charge in [-0.05, 0) is 43.4 Å². The topological polar surface area (TPSA) is 237 Å². The maximum Gasteiger partial charge on any atom is 0.472 e. The van der Waals surface area contributed by atoms with Crippen LogP contribution in [0.5, 0.6) is 0 Å². The zero-order chi connectivity index (χ0) is 69.4. The second-order valence-electron chi connectivity index (χ2n) is 28.5. The van der Waals surface area contributed by atoms with Crippen molar-refractivity contribution < 1.29 is 80.2 Å². The fourth-order valence-corrected chi connectivity index (χ4v) is 13.0. The fourth-order valence-electron chi connectivity index (χ4n) is 11.4. The first kappa shape index (κ1) is 92.1. The summed E-state index contributed by atoms with van der Waals surface area (Å²) in [5, 5.41) is 10.6. The van der Waals surface area contributed by atoms with Gasteiger partial charge in [0.05, 0.1) is 26.4 Å². The lowest BCUT2D eigenvalue weighted by molar-refractivity contribution is -0.161. The lowest BCUT2D eigenvalue weighted by Crippen LogP contribution is -2.30. The van der Waals surface area contributed by atoms with Crippen LogP contribution < -0.4 is 0 Å². The van der Waals surface area contributed by atoms with Crippen molar-refractivity contribution in [3.63, 3.8) is 0 Å². The summed E-state index contributed by atoms with van der Waals surface area (Å²) in [6, 6.07) is 0. The number of carbonyl (C=O) groups excluding carboxylic acids is 4. The average Bonchev–Trinajstić information content (AvgIpc) is 2.27. The van der Waals surface area contributed by atoms with E-state index in [9.17, 15) is 43.2 Å². The van der Waals surface area contributed by atoms with Gasteiger partial charge in [0.1, 0.15) is 19.3 Å². The molecule has 17 nitrogen and oxygen atoms in total. The van der Waals surface area contributed by atoms with Crippen molar-refractivity contribution in [3.05, 3.63) is 0 Å². The molecule has 0 saturated heterocycles. The molecule has 94 heavy (non-hydrogen) atoms. The van der Waals surface area contributed by atoms with Crippen LogP contribution in [-0.2, 0) is 65.4 Å². The van der Waals surface area contributed by atoms with Gasteiger partial charge in [-0.3, -0.25) is 37.3 Å². The Bertz CT molecular complexity index is 1840. The average molecular weight is 1380 g/mol. The largest absolute Gasteiger partial charge is 0.472 e. The van der Waals surface area contributed by atoms with Gasteiger partial charge in [0, 0.05) is 25.7 Å². The van der Waals surface area contributed by atoms with Gasteiger partial charge in [-0.2, -0.15) is 0 Å². The number of esters is 4. The van der Waals surface area contributed by atoms with Gasteiger partial charge in [-0.1, -0.05) is 331 Å². The number of unbranched alkanes of at least 4 members (excludes halogenated alkanes) is 41. The molecule has 19 heteroatoms. The van der Waals surface area contributed by atoms with E-state index < -0.39 is 97.5 Å². The van der Waals surface area contributed by atoms with E-state index in [1.54, 1.807) is 0 Å². The minimum atomic E-state index is -4.96. The van der Waals surface area contributed by atoms with Crippen LogP contribution in [0.3, 0.4) is 0 Å². The normalized spacial score (nSPS) is 14.1. The number of ether oxygens (including phenoxy) is 4. The predicted molar refractivity (Wildman–Crippen MR) is 381 cm³/mol. The maximum absolute atomic E-state index is 13.1. The van der Waals surface area contributed by atoms with E-state index >= 15 is 0 Å². The Morgan fingerprint density at radius 2 is 0.489 bits per heavy atom. The van der Waals surface area contributed by atoms with Crippen molar-refractivity contribution in [3.8, 4) is 0 Å². The van der Waals surface area contributed by atoms with Crippen LogP contribution in [0.2, 0.25) is 0 Å². The molecule has 0 aromatic carbocycles. The Morgan fingerprint density at radius 1 is 0.287 bits per heavy atom. The third-order valence-electron chi connectivity index (χ3n) is 17.4. The van der Waals surface area contributed by atoms with E-state index in [4.69, 9.17) is 37.0 Å². The van der Waals surface area contributed by atoms with Crippen LogP contribution in [0.25, 0.3) is 0 Å². The lowest BCUT2D eigenvalue weighted by atomic mass is 10.0. The van der Waals surface area contributed by atoms with Crippen LogP contribution >= 0.6 is 15.6 Å². The number of phosphoric ester groups is 2. The lowest BCUT2D eigenvalue weighted by Gasteiger charge is -2.21. The Kier molecular flexibility index (Phi) is 64.3. The number of rotatable bonds is 73. The van der Waals surface area contributed by atoms with Gasteiger partial charge in [0.2, 0.25) is 0 Å². The molecule has 0 spiro atoms. The fraction of sp³-hybridized carbons (Fsp3) is 0.947. The third kappa shape index (κ3) is 68.6. The van der Waals surface area contributed by atoms with Crippen molar-refractivity contribution in [2.75, 3.05) is 39.6 Å². The smallest absolute Gasteiger partial charge is 0.462 e. The van der Waals surface area contributed by atoms with Crippen molar-refractivity contribution in [2.45, 2.75) is 401 Å². The number of hydrogen-bond donors (Lipinski definition) is 3. The molecule has 2 unspecified atom stereocenters. The monoisotopic (exact) mass is 1380 g/mol. The molecule has 3 N–H and O–H groups in total. The molecule has 0 aliphatic rings. The molecule has 558 valence electrons. The van der Waals surface area contributed by atoms with E-state index in [0.29, 0.717) is 31.6 Å². The standard InChI is InChI=1S/C75H146O17P2/c1-8-9-10-11-12-13-14-15-16-17-18-23-29-36-44-51-58-74(79)91-70(62-85-72(77)56-49-42-35-28-24-19-21-26-32-39-46-53-66(2)3)64-89-93(81,82)87-60-69(76)61-88-94(83,84)90-65-71(63-86-73(78)57-50-43-38-31-34-41-48-55-68(6)7)92-75(80)59-52-45-37-30-25-20-22-27-33-40-47-54-67(4)5/h66-71,76H,8-65H2,1-7H3,(H,81,82)(H,83,84)/t69-,70-,71-/m1/s1. The van der Waals surface area contributed by atoms with Crippen molar-refractivity contribution in [2.24, 2.45) is 17.8 Å². The summed E-state index contributed by atoms with van der Waals surface area (Å²) in [6.07, 6.45) is 51.3. The van der Waals surface area contributed by atoms with Gasteiger partial charge in [-0.25, -0.2) is 9.13 Å². The van der Waals surface area contributed by atoms with Crippen LogP contribution in [0.1, 0.15) is 382 Å². The Hall–Kier alpha value is -1.94. The second-order valence-corrected chi connectivity index (χ2v) is 31.4. The summed E-state index contributed by atoms with van der Waals surface area (Å²) < 4.78 is 68.5. The highest BCUT2D eigenvalue weighted by molar-refractivity contribution is 7.47. The summed E-state index contributed by atoms with van der Waals surface area (Å²) in [5.74, 6) is 0.123. The molecule has 0 heterocycles. The number of aliphatic hydroxyl groups excluding tert-OH is 1. The Balaban J connectivity index is 5.26. The molecule has 5 atom stereocenters. The molecule has 0 radical (unpaired) electrons. The first-order valence-corrected chi connectivity index (χ1v) is 41.8. The molecule has 0 aromatic heterocycles. The van der Waals surface area contributed by atoms with Gasteiger partial charge in [0.15, 0.2) is 12.2 Å². The van der Waals surface area contributed by atoms with Crippen molar-refractivity contribution in [1.82, 2.24) is 0 Å². The van der Waals surface area contributed by atoms with Gasteiger partial charge in [-0.15, -0.1) is 0 Å². The van der Waals surface area contributed by atoms with Crippen LogP contribution in [0.15, 0.2) is 0 Å². The summed E-state index contributed by atoms with van der Waals surface area (Å²) in [6.45, 7) is 11.8. The highest BCUT2D eigenvalue weighted by Crippen LogP contribution is 2.45. The molecule has 0 bridgehead atoms. The summed E-state index contributed by atoms with van der Waals surface area (Å²) in [4.78, 5) is 72.8. The van der Waals surface area contributed by atoms with Crippen LogP contribution in [0.4, 0.5) is 0 Å². The predicted octanol–water partition coefficient (Wildman–Crippen LogP) is 21.8. The number of carbonyl (C=O) groups is 4. The zero-order valence-electron chi connectivity index (χ0n) is 61.4. The molecule has 0 saturated carbocycles. The van der Waals surface area contributed by atoms with E-state index in [0.717, 1.165) is 108 Å². The van der Waals surface area contributed by atoms with E-state index in [2.05, 4.69) is 48.5 Å². The summed E-state index contributed by atoms with van der Waals surface area (Å²) in [5.41, 5.74) is 0. The highest BCUT2D eigenvalue weighted by atomic mass is 31.2. The molecule has 0 aromatic rings. The summed E-state index contributed by atoms with van der Waals surface area (Å²) in [7, 11) is -9.91. The number of hydrogen-bond acceptors (Lipinski definition) is 15. The van der Waals surface area contributed by atoms with Crippen molar-refractivity contribution >= 4 is 39.5 Å². The minimum absolute atomic E-state index is 0.106. The molecule has 0 rings (SSSR count). The van der Waals surface area contributed by atoms with Crippen molar-refractivity contribution in [1.29, 1.82) is 0 Å². The van der Waals surface area contributed by atoms with Gasteiger partial charge >= 0.3 is 39.5 Å². The number of aliphatic hydroxyl groups is 1. The first-order valence-electron chi connectivity index (χ1n) is 38.8. The molecule has 0 fully saturated rings. The minimum Gasteiger partial charge on any atom is -0.462 e. The maximum atomic E-state index is 13.1. The van der Waals surface area contributed by atoms with Gasteiger partial charge < -0.3 is 33.8 Å². The summed E-state index contributed by atoms with van der Waals surface area (Å²) >= 11 is 0. The molecule has 0 amide bonds. The Labute approximate surface area is 575 Å². The second kappa shape index (κ2) is 65.7. The zero-order valence-corrected chi connectivity index (χ0v) is 63.2. The quantitative estimate of drug-likeness (QED) is 0.0222. The molecular weight excluding hydrogens is 1230 g/mol. The Morgan fingerprint density at radius 3 is 0.723 bits per heavy atom. The first-order chi connectivity index (χ1) is 45.2. The van der Waals surface area contributed by atoms with E-state index in [1.807, 2.05) is 0 Å². The van der Waals surface area contributed by atoms with Crippen LogP contribution in [-0.4, -0.2) is 96.7 Å². The van der Waals surface area contributed by atoms with Crippen LogP contribution in [0, 0.1) is 17.8 Å². The number of phosphoric acid groups is 2. The van der Waals surface area contributed by atoms with Gasteiger partial charge in [0.25, 0.3) is 0 Å². The van der Waals surface area contributed by atoms with E-state index in [-0.39, 0.29) is 25.7 Å².